The van der Waals surface area contributed by atoms with E-state index < -0.39 is 0 Å². The number of fused-ring (bicyclic) bond motifs is 1. The summed E-state index contributed by atoms with van der Waals surface area (Å²) in [7, 11) is 2.15. The van der Waals surface area contributed by atoms with Crippen molar-refractivity contribution in [3.8, 4) is 0 Å². The number of nitrogens with zero attached hydrogens (tertiary/aromatic N) is 4. The van der Waals surface area contributed by atoms with Gasteiger partial charge in [-0.15, -0.1) is 0 Å². The second-order valence-corrected chi connectivity index (χ2v) is 7.60. The zero-order valence-electron chi connectivity index (χ0n) is 15.9. The average molecular weight is 365 g/mol. The molecule has 1 aliphatic heterocycles. The van der Waals surface area contributed by atoms with Gasteiger partial charge in [-0.3, -0.25) is 4.79 Å². The zero-order valence-corrected chi connectivity index (χ0v) is 15.9. The Kier molecular flexibility index (Phi) is 5.34. The average Bonchev–Trinajstić information content (AvgIpc) is 2.69. The summed E-state index contributed by atoms with van der Waals surface area (Å²) in [6.45, 7) is 4.06. The fourth-order valence-corrected chi connectivity index (χ4v) is 3.84. The Hall–Kier alpha value is -2.47. The van der Waals surface area contributed by atoms with E-state index in [9.17, 15) is 4.79 Å². The van der Waals surface area contributed by atoms with E-state index in [0.717, 1.165) is 62.6 Å². The summed E-state index contributed by atoms with van der Waals surface area (Å²) in [4.78, 5) is 26.4. The zero-order chi connectivity index (χ0) is 18.6. The van der Waals surface area contributed by atoms with Crippen LogP contribution in [-0.2, 0) is 24.1 Å². The number of anilines is 1. The first kappa shape index (κ1) is 17.9. The second-order valence-electron chi connectivity index (χ2n) is 7.60. The van der Waals surface area contributed by atoms with Crippen LogP contribution in [0.3, 0.4) is 0 Å². The number of likely N-dealkylation sites (N-methyl/N-ethyl adjacent to an activating group) is 1. The molecule has 1 N–H and O–H groups in total. The van der Waals surface area contributed by atoms with E-state index in [4.69, 9.17) is 4.98 Å². The minimum atomic E-state index is 0.0876. The van der Waals surface area contributed by atoms with Crippen molar-refractivity contribution in [3.63, 3.8) is 0 Å². The number of hydrogen-bond donors (Lipinski definition) is 1. The van der Waals surface area contributed by atoms with Gasteiger partial charge in [0.2, 0.25) is 11.9 Å². The van der Waals surface area contributed by atoms with E-state index in [2.05, 4.69) is 27.1 Å². The molecule has 1 amide bonds. The predicted octanol–water partition coefficient (Wildman–Crippen LogP) is 1.44. The first-order valence-corrected chi connectivity index (χ1v) is 9.79. The molecule has 1 aromatic heterocycles. The molecule has 1 aliphatic carbocycles. The molecule has 142 valence electrons. The number of aromatic nitrogens is 2. The molecule has 2 heterocycles. The second kappa shape index (κ2) is 8.05. The van der Waals surface area contributed by atoms with Crippen molar-refractivity contribution in [2.45, 2.75) is 31.7 Å². The first-order chi connectivity index (χ1) is 13.2. The quantitative estimate of drug-likeness (QED) is 0.889. The highest BCUT2D eigenvalue weighted by Crippen LogP contribution is 2.22. The molecule has 0 radical (unpaired) electrons. The molecule has 6 nitrogen and oxygen atoms in total. The number of carbonyl (C=O) groups excluding carboxylic acids is 1. The molecule has 1 aromatic carbocycles. The van der Waals surface area contributed by atoms with Crippen LogP contribution in [0.25, 0.3) is 0 Å². The summed E-state index contributed by atoms with van der Waals surface area (Å²) >= 11 is 0. The van der Waals surface area contributed by atoms with E-state index in [-0.39, 0.29) is 11.9 Å². The van der Waals surface area contributed by atoms with Crippen LogP contribution in [0.5, 0.6) is 0 Å². The lowest BCUT2D eigenvalue weighted by Gasteiger charge is -2.33. The predicted molar refractivity (Wildman–Crippen MR) is 106 cm³/mol. The van der Waals surface area contributed by atoms with Gasteiger partial charge in [-0.1, -0.05) is 30.3 Å². The molecule has 0 saturated carbocycles. The van der Waals surface area contributed by atoms with Gasteiger partial charge in [0.25, 0.3) is 0 Å². The molecule has 0 bridgehead atoms. The fraction of sp³-hybridized carbons (Fsp3) is 0.476. The van der Waals surface area contributed by atoms with Gasteiger partial charge in [0, 0.05) is 44.1 Å². The summed E-state index contributed by atoms with van der Waals surface area (Å²) < 4.78 is 0. The van der Waals surface area contributed by atoms with Gasteiger partial charge in [0.15, 0.2) is 0 Å². The summed E-state index contributed by atoms with van der Waals surface area (Å²) in [5.74, 6) is 0.943. The van der Waals surface area contributed by atoms with E-state index in [1.165, 1.54) is 5.56 Å². The molecule has 1 saturated heterocycles. The molecule has 27 heavy (non-hydrogen) atoms. The Bertz CT molecular complexity index is 786. The number of rotatable bonds is 4. The van der Waals surface area contributed by atoms with Crippen molar-refractivity contribution in [2.75, 3.05) is 38.1 Å². The monoisotopic (exact) mass is 365 g/mol. The van der Waals surface area contributed by atoms with E-state index >= 15 is 0 Å². The van der Waals surface area contributed by atoms with Crippen LogP contribution in [0.15, 0.2) is 36.5 Å². The fourth-order valence-electron chi connectivity index (χ4n) is 3.84. The standard InChI is InChI=1S/C21H27N5O/c1-25-9-11-26(12-10-25)21-22-15-17-14-18(7-8-19(17)24-21)23-20(27)13-16-5-3-2-4-6-16/h2-6,15,18H,7-14H2,1H3,(H,23,27). The molecule has 1 fully saturated rings. The highest BCUT2D eigenvalue weighted by molar-refractivity contribution is 5.78. The van der Waals surface area contributed by atoms with Crippen LogP contribution in [0.2, 0.25) is 0 Å². The van der Waals surface area contributed by atoms with Crippen LogP contribution >= 0.6 is 0 Å². The lowest BCUT2D eigenvalue weighted by molar-refractivity contribution is -0.121. The van der Waals surface area contributed by atoms with Crippen LogP contribution < -0.4 is 10.2 Å². The van der Waals surface area contributed by atoms with Crippen LogP contribution in [0.4, 0.5) is 5.95 Å². The van der Waals surface area contributed by atoms with Gasteiger partial charge in [0.1, 0.15) is 0 Å². The number of hydrogen-bond acceptors (Lipinski definition) is 5. The van der Waals surface area contributed by atoms with Crippen molar-refractivity contribution < 1.29 is 4.79 Å². The van der Waals surface area contributed by atoms with Gasteiger partial charge >= 0.3 is 0 Å². The largest absolute Gasteiger partial charge is 0.353 e. The van der Waals surface area contributed by atoms with Crippen molar-refractivity contribution in [1.29, 1.82) is 0 Å². The lowest BCUT2D eigenvalue weighted by atomic mass is 9.92. The van der Waals surface area contributed by atoms with Crippen molar-refractivity contribution in [1.82, 2.24) is 20.2 Å². The third kappa shape index (κ3) is 4.45. The third-order valence-electron chi connectivity index (χ3n) is 5.50. The van der Waals surface area contributed by atoms with Crippen LogP contribution in [0, 0.1) is 0 Å². The molecule has 0 spiro atoms. The Labute approximate surface area is 160 Å². The van der Waals surface area contributed by atoms with Crippen molar-refractivity contribution in [2.24, 2.45) is 0 Å². The Balaban J connectivity index is 1.35. The number of piperazine rings is 1. The summed E-state index contributed by atoms with van der Waals surface area (Å²) in [5.41, 5.74) is 3.36. The first-order valence-electron chi connectivity index (χ1n) is 9.79. The third-order valence-corrected chi connectivity index (χ3v) is 5.50. The molecule has 1 atom stereocenters. The van der Waals surface area contributed by atoms with Crippen molar-refractivity contribution in [3.05, 3.63) is 53.3 Å². The minimum Gasteiger partial charge on any atom is -0.353 e. The van der Waals surface area contributed by atoms with Gasteiger partial charge in [-0.05, 0) is 37.4 Å². The lowest BCUT2D eigenvalue weighted by Crippen LogP contribution is -2.45. The maximum Gasteiger partial charge on any atom is 0.225 e. The van der Waals surface area contributed by atoms with Gasteiger partial charge in [-0.2, -0.15) is 0 Å². The molecular formula is C21H27N5O. The van der Waals surface area contributed by atoms with Crippen molar-refractivity contribution >= 4 is 11.9 Å². The smallest absolute Gasteiger partial charge is 0.225 e. The number of aryl methyl sites for hydroxylation is 1. The summed E-state index contributed by atoms with van der Waals surface area (Å²) in [5, 5.41) is 3.18. The van der Waals surface area contributed by atoms with Gasteiger partial charge in [-0.25, -0.2) is 9.97 Å². The van der Waals surface area contributed by atoms with Gasteiger partial charge < -0.3 is 15.1 Å². The maximum absolute atomic E-state index is 12.3. The number of amides is 1. The van der Waals surface area contributed by atoms with Gasteiger partial charge in [0.05, 0.1) is 6.42 Å². The number of carbonyl (C=O) groups is 1. The van der Waals surface area contributed by atoms with Crippen LogP contribution in [-0.4, -0.2) is 60.0 Å². The molecule has 4 rings (SSSR count). The summed E-state index contributed by atoms with van der Waals surface area (Å²) in [6.07, 6.45) is 5.05. The molecule has 2 aliphatic rings. The molecule has 2 aromatic rings. The van der Waals surface area contributed by atoms with E-state index in [1.807, 2.05) is 36.5 Å². The SMILES string of the molecule is CN1CCN(c2ncc3c(n2)CCC(NC(=O)Cc2ccccc2)C3)CC1. The molecular weight excluding hydrogens is 338 g/mol. The molecule has 1 unspecified atom stereocenters. The van der Waals surface area contributed by atoms with E-state index in [1.54, 1.807) is 0 Å². The number of nitrogens with one attached hydrogen (secondary N) is 1. The topological polar surface area (TPSA) is 61.4 Å². The Morgan fingerprint density at radius 3 is 2.74 bits per heavy atom. The highest BCUT2D eigenvalue weighted by atomic mass is 16.1. The Morgan fingerprint density at radius 1 is 1.19 bits per heavy atom. The number of benzene rings is 1. The Morgan fingerprint density at radius 2 is 1.96 bits per heavy atom. The van der Waals surface area contributed by atoms with Crippen LogP contribution in [0.1, 0.15) is 23.2 Å². The van der Waals surface area contributed by atoms with E-state index in [0.29, 0.717) is 6.42 Å². The highest BCUT2D eigenvalue weighted by Gasteiger charge is 2.24. The minimum absolute atomic E-state index is 0.0876. The summed E-state index contributed by atoms with van der Waals surface area (Å²) in [6, 6.07) is 10.1. The molecule has 6 heteroatoms. The maximum atomic E-state index is 12.3. The normalized spacial score (nSPS) is 20.2.